The van der Waals surface area contributed by atoms with Crippen LogP contribution in [0.4, 0.5) is 0 Å². The van der Waals surface area contributed by atoms with Crippen LogP contribution in [0.25, 0.3) is 0 Å². The molecule has 0 saturated carbocycles. The van der Waals surface area contributed by atoms with Gasteiger partial charge in [0, 0.05) is 11.6 Å². The molecule has 0 aliphatic carbocycles. The van der Waals surface area contributed by atoms with E-state index in [0.717, 1.165) is 12.0 Å². The van der Waals surface area contributed by atoms with Crippen LogP contribution in [-0.4, -0.2) is 20.4 Å². The fourth-order valence-electron chi connectivity index (χ4n) is 2.45. The highest BCUT2D eigenvalue weighted by molar-refractivity contribution is 7.89. The molecular formula is C18H22N2O3S. The first-order valence-electron chi connectivity index (χ1n) is 7.76. The van der Waals surface area contributed by atoms with E-state index >= 15 is 0 Å². The van der Waals surface area contributed by atoms with Crippen molar-refractivity contribution < 1.29 is 13.2 Å². The van der Waals surface area contributed by atoms with E-state index in [1.165, 1.54) is 12.1 Å². The van der Waals surface area contributed by atoms with E-state index in [1.807, 2.05) is 37.3 Å². The Morgan fingerprint density at radius 2 is 1.83 bits per heavy atom. The van der Waals surface area contributed by atoms with Crippen molar-refractivity contribution in [1.29, 1.82) is 0 Å². The molecule has 6 heteroatoms. The third-order valence-corrected chi connectivity index (χ3v) is 5.44. The first kappa shape index (κ1) is 18.2. The lowest BCUT2D eigenvalue weighted by atomic mass is 10.1. The molecule has 0 radical (unpaired) electrons. The van der Waals surface area contributed by atoms with Gasteiger partial charge in [-0.1, -0.05) is 36.4 Å². The van der Waals surface area contributed by atoms with Crippen molar-refractivity contribution in [3.05, 3.63) is 65.2 Å². The minimum atomic E-state index is -3.69. The van der Waals surface area contributed by atoms with Gasteiger partial charge in [0.2, 0.25) is 15.9 Å². The van der Waals surface area contributed by atoms with Gasteiger partial charge in [-0.2, -0.15) is 0 Å². The van der Waals surface area contributed by atoms with Crippen LogP contribution in [0.3, 0.4) is 0 Å². The topological polar surface area (TPSA) is 89.3 Å². The van der Waals surface area contributed by atoms with Gasteiger partial charge in [0.1, 0.15) is 0 Å². The summed E-state index contributed by atoms with van der Waals surface area (Å²) in [5.41, 5.74) is 7.32. The minimum Gasteiger partial charge on any atom is -0.366 e. The maximum atomic E-state index is 12.5. The average molecular weight is 346 g/mol. The number of aryl methyl sites for hydroxylation is 2. The highest BCUT2D eigenvalue weighted by atomic mass is 32.2. The second-order valence-electron chi connectivity index (χ2n) is 5.89. The normalized spacial score (nSPS) is 12.8. The van der Waals surface area contributed by atoms with Crippen molar-refractivity contribution in [3.63, 3.8) is 0 Å². The molecule has 0 bridgehead atoms. The SMILES string of the molecule is Cc1ccc(S(=O)(=O)N[C@@H](C)CCc2ccccc2)cc1C(N)=O. The number of hydrogen-bond donors (Lipinski definition) is 2. The van der Waals surface area contributed by atoms with E-state index in [2.05, 4.69) is 4.72 Å². The molecule has 0 unspecified atom stereocenters. The van der Waals surface area contributed by atoms with E-state index in [0.29, 0.717) is 12.0 Å². The summed E-state index contributed by atoms with van der Waals surface area (Å²) < 4.78 is 27.6. The number of nitrogens with one attached hydrogen (secondary N) is 1. The number of nitrogens with two attached hydrogens (primary N) is 1. The summed E-state index contributed by atoms with van der Waals surface area (Å²) in [4.78, 5) is 11.4. The summed E-state index contributed by atoms with van der Waals surface area (Å²) in [7, 11) is -3.69. The summed E-state index contributed by atoms with van der Waals surface area (Å²) in [5.74, 6) is -0.637. The molecule has 2 aromatic rings. The Morgan fingerprint density at radius 1 is 1.17 bits per heavy atom. The van der Waals surface area contributed by atoms with Gasteiger partial charge in [-0.25, -0.2) is 13.1 Å². The molecule has 3 N–H and O–H groups in total. The summed E-state index contributed by atoms with van der Waals surface area (Å²) in [6.45, 7) is 3.54. The maximum Gasteiger partial charge on any atom is 0.249 e. The molecule has 0 aliphatic heterocycles. The van der Waals surface area contributed by atoms with Crippen LogP contribution < -0.4 is 10.5 Å². The van der Waals surface area contributed by atoms with Gasteiger partial charge in [-0.3, -0.25) is 4.79 Å². The summed E-state index contributed by atoms with van der Waals surface area (Å²) in [5, 5.41) is 0. The van der Waals surface area contributed by atoms with Crippen LogP contribution in [0.5, 0.6) is 0 Å². The molecule has 1 amide bonds. The minimum absolute atomic E-state index is 0.0495. The van der Waals surface area contributed by atoms with Crippen LogP contribution >= 0.6 is 0 Å². The van der Waals surface area contributed by atoms with Gasteiger partial charge in [-0.15, -0.1) is 0 Å². The number of rotatable bonds is 7. The van der Waals surface area contributed by atoms with Crippen LogP contribution in [-0.2, 0) is 16.4 Å². The van der Waals surface area contributed by atoms with Gasteiger partial charge in [-0.05, 0) is 49.9 Å². The zero-order valence-corrected chi connectivity index (χ0v) is 14.6. The second kappa shape index (κ2) is 7.59. The van der Waals surface area contributed by atoms with E-state index in [4.69, 9.17) is 5.73 Å². The van der Waals surface area contributed by atoms with Crippen molar-refractivity contribution in [2.75, 3.05) is 0 Å². The van der Waals surface area contributed by atoms with Crippen molar-refractivity contribution in [2.45, 2.75) is 37.6 Å². The predicted octanol–water partition coefficient (Wildman–Crippen LogP) is 2.39. The Labute approximate surface area is 142 Å². The van der Waals surface area contributed by atoms with Crippen LogP contribution in [0.15, 0.2) is 53.4 Å². The largest absolute Gasteiger partial charge is 0.366 e. The zero-order chi connectivity index (χ0) is 17.7. The molecule has 0 spiro atoms. The average Bonchev–Trinajstić information content (AvgIpc) is 2.53. The molecule has 1 atom stereocenters. The first-order chi connectivity index (χ1) is 11.3. The Kier molecular flexibility index (Phi) is 5.75. The highest BCUT2D eigenvalue weighted by Crippen LogP contribution is 2.16. The van der Waals surface area contributed by atoms with Crippen LogP contribution in [0, 0.1) is 6.92 Å². The number of carbonyl (C=O) groups excluding carboxylic acids is 1. The monoisotopic (exact) mass is 346 g/mol. The fourth-order valence-corrected chi connectivity index (χ4v) is 3.76. The lowest BCUT2D eigenvalue weighted by Gasteiger charge is -2.15. The number of benzene rings is 2. The van der Waals surface area contributed by atoms with Crippen molar-refractivity contribution in [3.8, 4) is 0 Å². The molecule has 24 heavy (non-hydrogen) atoms. The lowest BCUT2D eigenvalue weighted by molar-refractivity contribution is 0.0999. The maximum absolute atomic E-state index is 12.5. The molecule has 0 aliphatic rings. The smallest absolute Gasteiger partial charge is 0.249 e. The first-order valence-corrected chi connectivity index (χ1v) is 9.24. The third kappa shape index (κ3) is 4.66. The second-order valence-corrected chi connectivity index (χ2v) is 7.60. The van der Waals surface area contributed by atoms with E-state index in [-0.39, 0.29) is 16.5 Å². The zero-order valence-electron chi connectivity index (χ0n) is 13.8. The lowest BCUT2D eigenvalue weighted by Crippen LogP contribution is -2.33. The number of sulfonamides is 1. The quantitative estimate of drug-likeness (QED) is 0.807. The molecule has 0 aromatic heterocycles. The summed E-state index contributed by atoms with van der Waals surface area (Å²) in [6, 6.07) is 14.1. The molecule has 0 saturated heterocycles. The molecule has 128 valence electrons. The molecule has 5 nitrogen and oxygen atoms in total. The Bertz CT molecular complexity index is 817. The van der Waals surface area contributed by atoms with Gasteiger partial charge in [0.05, 0.1) is 4.90 Å². The van der Waals surface area contributed by atoms with Crippen LogP contribution in [0.2, 0.25) is 0 Å². The number of carbonyl (C=O) groups is 1. The third-order valence-electron chi connectivity index (χ3n) is 3.85. The number of primary amides is 1. The number of hydrogen-bond acceptors (Lipinski definition) is 3. The predicted molar refractivity (Wildman–Crippen MR) is 94.2 cm³/mol. The molecule has 0 fully saturated rings. The highest BCUT2D eigenvalue weighted by Gasteiger charge is 2.19. The van der Waals surface area contributed by atoms with Gasteiger partial charge < -0.3 is 5.73 Å². The van der Waals surface area contributed by atoms with E-state index in [1.54, 1.807) is 13.0 Å². The number of amides is 1. The van der Waals surface area contributed by atoms with Crippen molar-refractivity contribution >= 4 is 15.9 Å². The fraction of sp³-hybridized carbons (Fsp3) is 0.278. The summed E-state index contributed by atoms with van der Waals surface area (Å²) in [6.07, 6.45) is 1.46. The van der Waals surface area contributed by atoms with E-state index in [9.17, 15) is 13.2 Å². The van der Waals surface area contributed by atoms with E-state index < -0.39 is 15.9 Å². The molecule has 2 rings (SSSR count). The van der Waals surface area contributed by atoms with Gasteiger partial charge >= 0.3 is 0 Å². The van der Waals surface area contributed by atoms with Crippen molar-refractivity contribution in [1.82, 2.24) is 4.72 Å². The Hall–Kier alpha value is -2.18. The van der Waals surface area contributed by atoms with Gasteiger partial charge in [0.15, 0.2) is 0 Å². The summed E-state index contributed by atoms with van der Waals surface area (Å²) >= 11 is 0. The molecule has 0 heterocycles. The van der Waals surface area contributed by atoms with Crippen molar-refractivity contribution in [2.24, 2.45) is 5.73 Å². The molecule has 2 aromatic carbocycles. The van der Waals surface area contributed by atoms with Gasteiger partial charge in [0.25, 0.3) is 0 Å². The Balaban J connectivity index is 2.07. The Morgan fingerprint density at radius 3 is 2.46 bits per heavy atom. The van der Waals surface area contributed by atoms with Crippen LogP contribution in [0.1, 0.15) is 34.8 Å². The molecular weight excluding hydrogens is 324 g/mol. The standard InChI is InChI=1S/C18H22N2O3S/c1-13-8-11-16(12-17(13)18(19)21)24(22,23)20-14(2)9-10-15-6-4-3-5-7-15/h3-8,11-12,14,20H,9-10H2,1-2H3,(H2,19,21)/t14-/m0/s1.